The van der Waals surface area contributed by atoms with E-state index >= 15 is 0 Å². The molecular weight excluding hydrogens is 332 g/mol. The van der Waals surface area contributed by atoms with E-state index in [4.69, 9.17) is 4.74 Å². The Balaban J connectivity index is 0.00000182. The first-order valence-electron chi connectivity index (χ1n) is 9.00. The predicted octanol–water partition coefficient (Wildman–Crippen LogP) is 3.87. The lowest BCUT2D eigenvalue weighted by atomic mass is 9.86. The maximum absolute atomic E-state index is 5.96. The average Bonchev–Trinajstić information content (AvgIpc) is 3.24. The number of hydrogen-bond donors (Lipinski definition) is 1. The summed E-state index contributed by atoms with van der Waals surface area (Å²) in [7, 11) is 0. The molecule has 4 heteroatoms. The van der Waals surface area contributed by atoms with Crippen LogP contribution in [0.25, 0.3) is 0 Å². The number of benzene rings is 2. The molecule has 0 aliphatic carbocycles. The van der Waals surface area contributed by atoms with Gasteiger partial charge in [0.25, 0.3) is 0 Å². The minimum Gasteiger partial charge on any atom is -0.489 e. The van der Waals surface area contributed by atoms with Crippen molar-refractivity contribution in [2.45, 2.75) is 26.0 Å². The van der Waals surface area contributed by atoms with Crippen molar-refractivity contribution in [3.63, 3.8) is 0 Å². The van der Waals surface area contributed by atoms with Gasteiger partial charge in [-0.05, 0) is 54.6 Å². The van der Waals surface area contributed by atoms with Crippen LogP contribution in [0.4, 0.5) is 0 Å². The van der Waals surface area contributed by atoms with E-state index in [1.54, 1.807) is 0 Å². The first kappa shape index (κ1) is 18.2. The minimum atomic E-state index is 0. The van der Waals surface area contributed by atoms with Crippen molar-refractivity contribution in [3.05, 3.63) is 65.7 Å². The molecule has 0 bridgehead atoms. The fourth-order valence-electron chi connectivity index (χ4n) is 4.04. The normalized spacial score (nSPS) is 22.9. The van der Waals surface area contributed by atoms with Crippen molar-refractivity contribution in [1.29, 1.82) is 0 Å². The summed E-state index contributed by atoms with van der Waals surface area (Å²) in [6.07, 6.45) is 2.67. The Labute approximate surface area is 156 Å². The third-order valence-electron chi connectivity index (χ3n) is 5.40. The molecule has 2 saturated heterocycles. The van der Waals surface area contributed by atoms with Crippen molar-refractivity contribution in [2.24, 2.45) is 5.41 Å². The molecule has 2 aromatic rings. The van der Waals surface area contributed by atoms with Crippen molar-refractivity contribution in [2.75, 3.05) is 26.2 Å². The summed E-state index contributed by atoms with van der Waals surface area (Å²) in [5.74, 6) is 0.966. The van der Waals surface area contributed by atoms with Gasteiger partial charge in [0.2, 0.25) is 0 Å². The maximum atomic E-state index is 5.96. The minimum absolute atomic E-state index is 0. The van der Waals surface area contributed by atoms with E-state index in [9.17, 15) is 0 Å². The first-order chi connectivity index (χ1) is 11.8. The highest BCUT2D eigenvalue weighted by molar-refractivity contribution is 5.85. The molecule has 25 heavy (non-hydrogen) atoms. The molecule has 2 aliphatic rings. The Morgan fingerprint density at radius 3 is 2.64 bits per heavy atom. The van der Waals surface area contributed by atoms with Gasteiger partial charge in [-0.3, -0.25) is 4.90 Å². The van der Waals surface area contributed by atoms with Gasteiger partial charge in [0.05, 0.1) is 0 Å². The smallest absolute Gasteiger partial charge is 0.120 e. The number of halogens is 1. The molecule has 2 aliphatic heterocycles. The molecule has 2 aromatic carbocycles. The van der Waals surface area contributed by atoms with Crippen molar-refractivity contribution >= 4 is 12.4 Å². The third kappa shape index (κ3) is 4.55. The summed E-state index contributed by atoms with van der Waals surface area (Å²) >= 11 is 0. The van der Waals surface area contributed by atoms with E-state index in [1.165, 1.54) is 50.1 Å². The summed E-state index contributed by atoms with van der Waals surface area (Å²) in [6.45, 7) is 6.50. The highest BCUT2D eigenvalue weighted by Gasteiger charge is 2.39. The van der Waals surface area contributed by atoms with Crippen molar-refractivity contribution in [3.8, 4) is 5.75 Å². The van der Waals surface area contributed by atoms with Crippen LogP contribution in [0.1, 0.15) is 24.0 Å². The van der Waals surface area contributed by atoms with Crippen LogP contribution < -0.4 is 10.1 Å². The third-order valence-corrected chi connectivity index (χ3v) is 5.40. The summed E-state index contributed by atoms with van der Waals surface area (Å²) in [6, 6.07) is 18.9. The number of rotatable bonds is 5. The van der Waals surface area contributed by atoms with Crippen molar-refractivity contribution in [1.82, 2.24) is 10.2 Å². The van der Waals surface area contributed by atoms with Crippen LogP contribution in [-0.4, -0.2) is 31.1 Å². The Bertz CT molecular complexity index is 671. The monoisotopic (exact) mass is 358 g/mol. The SMILES string of the molecule is Cl.c1ccc(COc2cccc(CN3CCC4(CCNC4)C3)c2)cc1. The van der Waals surface area contributed by atoms with Gasteiger partial charge in [0.1, 0.15) is 12.4 Å². The second-order valence-electron chi connectivity index (χ2n) is 7.31. The lowest BCUT2D eigenvalue weighted by Crippen LogP contribution is -2.28. The predicted molar refractivity (Wildman–Crippen MR) is 104 cm³/mol. The lowest BCUT2D eigenvalue weighted by Gasteiger charge is -2.23. The summed E-state index contributed by atoms with van der Waals surface area (Å²) in [4.78, 5) is 2.60. The van der Waals surface area contributed by atoms with E-state index < -0.39 is 0 Å². The topological polar surface area (TPSA) is 24.5 Å². The second-order valence-corrected chi connectivity index (χ2v) is 7.31. The highest BCUT2D eigenvalue weighted by Crippen LogP contribution is 2.36. The van der Waals surface area contributed by atoms with Gasteiger partial charge in [-0.1, -0.05) is 42.5 Å². The van der Waals surface area contributed by atoms with Gasteiger partial charge in [0.15, 0.2) is 0 Å². The molecule has 1 spiro atoms. The number of nitrogens with zero attached hydrogens (tertiary/aromatic N) is 1. The molecule has 1 N–H and O–H groups in total. The zero-order valence-electron chi connectivity index (χ0n) is 14.6. The summed E-state index contributed by atoms with van der Waals surface area (Å²) in [5.41, 5.74) is 3.10. The highest BCUT2D eigenvalue weighted by atomic mass is 35.5. The molecule has 3 nitrogen and oxygen atoms in total. The van der Waals surface area contributed by atoms with E-state index in [0.717, 1.165) is 12.3 Å². The molecule has 2 fully saturated rings. The molecule has 1 unspecified atom stereocenters. The molecule has 2 heterocycles. The Kier molecular flexibility index (Phi) is 6.00. The first-order valence-corrected chi connectivity index (χ1v) is 9.00. The Morgan fingerprint density at radius 2 is 1.84 bits per heavy atom. The van der Waals surface area contributed by atoms with Crippen LogP contribution in [0.2, 0.25) is 0 Å². The van der Waals surface area contributed by atoms with Crippen LogP contribution in [0.5, 0.6) is 5.75 Å². The van der Waals surface area contributed by atoms with Crippen LogP contribution in [0.15, 0.2) is 54.6 Å². The number of nitrogens with one attached hydrogen (secondary N) is 1. The largest absolute Gasteiger partial charge is 0.489 e. The Hall–Kier alpha value is -1.55. The Morgan fingerprint density at radius 1 is 1.00 bits per heavy atom. The van der Waals surface area contributed by atoms with Gasteiger partial charge in [-0.25, -0.2) is 0 Å². The fourth-order valence-corrected chi connectivity index (χ4v) is 4.04. The number of ether oxygens (including phenoxy) is 1. The molecular formula is C21H27ClN2O. The van der Waals surface area contributed by atoms with Crippen LogP contribution in [0.3, 0.4) is 0 Å². The van der Waals surface area contributed by atoms with Crippen LogP contribution in [-0.2, 0) is 13.2 Å². The second kappa shape index (κ2) is 8.22. The zero-order chi connectivity index (χ0) is 16.2. The molecule has 0 aromatic heterocycles. The molecule has 4 rings (SSSR count). The molecule has 0 saturated carbocycles. The molecule has 0 radical (unpaired) electrons. The number of likely N-dealkylation sites (tertiary alicyclic amines) is 1. The van der Waals surface area contributed by atoms with Crippen LogP contribution >= 0.6 is 12.4 Å². The molecule has 0 amide bonds. The van der Waals surface area contributed by atoms with E-state index in [1.807, 2.05) is 6.07 Å². The van der Waals surface area contributed by atoms with Gasteiger partial charge in [0, 0.05) is 19.6 Å². The van der Waals surface area contributed by atoms with E-state index in [0.29, 0.717) is 12.0 Å². The molecule has 1 atom stereocenters. The fraction of sp³-hybridized carbons (Fsp3) is 0.429. The van der Waals surface area contributed by atoms with E-state index in [-0.39, 0.29) is 12.4 Å². The summed E-state index contributed by atoms with van der Waals surface area (Å²) < 4.78 is 5.96. The lowest BCUT2D eigenvalue weighted by molar-refractivity contribution is 0.267. The standard InChI is InChI=1S/C21H26N2O.ClH/c1-2-5-18(6-3-1)15-24-20-8-4-7-19(13-20)14-23-12-10-21(17-23)9-11-22-16-21;/h1-8,13,22H,9-12,14-17H2;1H. The average molecular weight is 359 g/mol. The van der Waals surface area contributed by atoms with E-state index in [2.05, 4.69) is 58.7 Å². The quantitative estimate of drug-likeness (QED) is 0.878. The number of hydrogen-bond acceptors (Lipinski definition) is 3. The summed E-state index contributed by atoms with van der Waals surface area (Å²) in [5, 5.41) is 3.53. The van der Waals surface area contributed by atoms with Gasteiger partial charge < -0.3 is 10.1 Å². The van der Waals surface area contributed by atoms with Crippen LogP contribution in [0, 0.1) is 5.41 Å². The maximum Gasteiger partial charge on any atom is 0.120 e. The van der Waals surface area contributed by atoms with Crippen molar-refractivity contribution < 1.29 is 4.74 Å². The van der Waals surface area contributed by atoms with Gasteiger partial charge in [-0.2, -0.15) is 0 Å². The molecule has 134 valence electrons. The van der Waals surface area contributed by atoms with Gasteiger partial charge in [-0.15, -0.1) is 12.4 Å². The van der Waals surface area contributed by atoms with Gasteiger partial charge >= 0.3 is 0 Å². The zero-order valence-corrected chi connectivity index (χ0v) is 15.4.